The molecule has 5 nitrogen and oxygen atoms in total. The van der Waals surface area contributed by atoms with Gasteiger partial charge in [-0.1, -0.05) is 0 Å². The molecular weight excluding hydrogens is 304 g/mol. The molecule has 0 radical (unpaired) electrons. The summed E-state index contributed by atoms with van der Waals surface area (Å²) in [5.74, 6) is 2.11. The number of nitrogens with zero attached hydrogens (tertiary/aromatic N) is 1. The Balaban J connectivity index is 1.37. The summed E-state index contributed by atoms with van der Waals surface area (Å²) in [4.78, 5) is 25.5. The highest BCUT2D eigenvalue weighted by atomic mass is 16.5. The third-order valence-corrected chi connectivity index (χ3v) is 5.33. The molecule has 2 aliphatic rings. The Hall–Kier alpha value is -1.88. The van der Waals surface area contributed by atoms with Crippen molar-refractivity contribution in [3.63, 3.8) is 0 Å². The van der Waals surface area contributed by atoms with Crippen LogP contribution in [-0.4, -0.2) is 42.3 Å². The van der Waals surface area contributed by atoms with Gasteiger partial charge in [0.05, 0.1) is 6.61 Å². The van der Waals surface area contributed by atoms with Crippen LogP contribution < -0.4 is 10.5 Å². The second-order valence-corrected chi connectivity index (χ2v) is 7.00. The molecule has 1 saturated carbocycles. The number of rotatable bonds is 6. The fraction of sp³-hybridized carbons (Fsp3) is 0.579. The van der Waals surface area contributed by atoms with E-state index in [1.165, 1.54) is 0 Å². The highest BCUT2D eigenvalue weighted by molar-refractivity contribution is 5.94. The summed E-state index contributed by atoms with van der Waals surface area (Å²) in [5, 5.41) is 0. The molecule has 3 unspecified atom stereocenters. The maximum absolute atomic E-state index is 12.3. The van der Waals surface area contributed by atoms with Crippen LogP contribution in [0.1, 0.15) is 43.0 Å². The molecule has 0 aromatic heterocycles. The third kappa shape index (κ3) is 3.78. The predicted molar refractivity (Wildman–Crippen MR) is 91.9 cm³/mol. The summed E-state index contributed by atoms with van der Waals surface area (Å²) in [6.45, 7) is 3.76. The Kier molecular flexibility index (Phi) is 5.19. The van der Waals surface area contributed by atoms with E-state index in [9.17, 15) is 9.59 Å². The Bertz CT molecular complexity index is 599. The van der Waals surface area contributed by atoms with Crippen molar-refractivity contribution < 1.29 is 14.3 Å². The van der Waals surface area contributed by atoms with Crippen molar-refractivity contribution in [1.82, 2.24) is 4.90 Å². The largest absolute Gasteiger partial charge is 0.494 e. The summed E-state index contributed by atoms with van der Waals surface area (Å²) in [5.41, 5.74) is 6.79. The van der Waals surface area contributed by atoms with Gasteiger partial charge in [-0.15, -0.1) is 0 Å². The summed E-state index contributed by atoms with van der Waals surface area (Å²) in [6.07, 6.45) is 3.48. The van der Waals surface area contributed by atoms with Crippen molar-refractivity contribution in [2.45, 2.75) is 38.6 Å². The number of hydrogen-bond donors (Lipinski definition) is 1. The second kappa shape index (κ2) is 7.34. The number of ether oxygens (including phenoxy) is 1. The smallest absolute Gasteiger partial charge is 0.222 e. The normalized spacial score (nSPS) is 25.6. The first kappa shape index (κ1) is 17.0. The fourth-order valence-corrected chi connectivity index (χ4v) is 3.87. The lowest BCUT2D eigenvalue weighted by molar-refractivity contribution is -0.130. The van der Waals surface area contributed by atoms with Gasteiger partial charge in [0.15, 0.2) is 5.78 Å². The van der Waals surface area contributed by atoms with E-state index >= 15 is 0 Å². The number of ketones is 1. The van der Waals surface area contributed by atoms with Crippen molar-refractivity contribution >= 4 is 11.7 Å². The summed E-state index contributed by atoms with van der Waals surface area (Å²) in [6, 6.07) is 7.38. The number of carbonyl (C=O) groups is 2. The molecule has 0 bridgehead atoms. The molecule has 24 heavy (non-hydrogen) atoms. The molecule has 1 aromatic carbocycles. The molecule has 3 rings (SSSR count). The number of benzene rings is 1. The molecule has 1 saturated heterocycles. The van der Waals surface area contributed by atoms with Crippen LogP contribution in [0.4, 0.5) is 0 Å². The molecule has 5 heteroatoms. The van der Waals surface area contributed by atoms with Crippen molar-refractivity contribution in [2.75, 3.05) is 19.7 Å². The number of likely N-dealkylation sites (tertiary alicyclic amines) is 1. The lowest BCUT2D eigenvalue weighted by atomic mass is 9.98. The van der Waals surface area contributed by atoms with E-state index in [1.807, 2.05) is 4.90 Å². The van der Waals surface area contributed by atoms with Gasteiger partial charge in [-0.05, 0) is 62.3 Å². The summed E-state index contributed by atoms with van der Waals surface area (Å²) >= 11 is 0. The zero-order valence-electron chi connectivity index (χ0n) is 14.2. The van der Waals surface area contributed by atoms with Crippen molar-refractivity contribution in [2.24, 2.45) is 17.6 Å². The van der Waals surface area contributed by atoms with Crippen LogP contribution >= 0.6 is 0 Å². The fourth-order valence-electron chi connectivity index (χ4n) is 3.87. The van der Waals surface area contributed by atoms with Crippen LogP contribution in [0, 0.1) is 11.8 Å². The Morgan fingerprint density at radius 1 is 1.21 bits per heavy atom. The maximum atomic E-state index is 12.3. The van der Waals surface area contributed by atoms with Gasteiger partial charge in [0.2, 0.25) is 5.91 Å². The first-order valence-electron chi connectivity index (χ1n) is 8.82. The van der Waals surface area contributed by atoms with Gasteiger partial charge < -0.3 is 15.4 Å². The van der Waals surface area contributed by atoms with Crippen LogP contribution in [0.2, 0.25) is 0 Å². The SMILES string of the molecule is CC(=O)c1ccc(OCCCC(=O)N2CC3CCC(N)C3C2)cc1. The Labute approximate surface area is 143 Å². The number of fused-ring (bicyclic) bond motifs is 1. The lowest BCUT2D eigenvalue weighted by Crippen LogP contribution is -2.33. The predicted octanol–water partition coefficient (Wildman–Crippen LogP) is 2.24. The van der Waals surface area contributed by atoms with E-state index in [1.54, 1.807) is 31.2 Å². The van der Waals surface area contributed by atoms with Crippen molar-refractivity contribution in [1.29, 1.82) is 0 Å². The molecule has 2 N–H and O–H groups in total. The third-order valence-electron chi connectivity index (χ3n) is 5.33. The minimum atomic E-state index is 0.0437. The Morgan fingerprint density at radius 2 is 1.96 bits per heavy atom. The van der Waals surface area contributed by atoms with Gasteiger partial charge in [0, 0.05) is 31.1 Å². The topological polar surface area (TPSA) is 72.6 Å². The van der Waals surface area contributed by atoms with Crippen molar-refractivity contribution in [3.8, 4) is 5.75 Å². The average molecular weight is 330 g/mol. The van der Waals surface area contributed by atoms with Gasteiger partial charge in [0.1, 0.15) is 5.75 Å². The van der Waals surface area contributed by atoms with Crippen LogP contribution in [0.15, 0.2) is 24.3 Å². The minimum absolute atomic E-state index is 0.0437. The van der Waals surface area contributed by atoms with E-state index < -0.39 is 0 Å². The number of Topliss-reactive ketones (excluding diaryl/α,β-unsaturated/α-hetero) is 1. The number of amides is 1. The minimum Gasteiger partial charge on any atom is -0.494 e. The number of nitrogens with two attached hydrogens (primary N) is 1. The van der Waals surface area contributed by atoms with Crippen LogP contribution in [-0.2, 0) is 4.79 Å². The highest BCUT2D eigenvalue weighted by Crippen LogP contribution is 2.37. The van der Waals surface area contributed by atoms with Crippen LogP contribution in [0.5, 0.6) is 5.75 Å². The highest BCUT2D eigenvalue weighted by Gasteiger charge is 2.42. The molecule has 1 amide bonds. The van der Waals surface area contributed by atoms with Gasteiger partial charge in [-0.3, -0.25) is 9.59 Å². The zero-order valence-corrected chi connectivity index (χ0v) is 14.2. The van der Waals surface area contributed by atoms with Gasteiger partial charge in [-0.25, -0.2) is 0 Å². The quantitative estimate of drug-likeness (QED) is 0.641. The molecule has 1 heterocycles. The molecule has 0 spiro atoms. The van der Waals surface area contributed by atoms with Gasteiger partial charge in [-0.2, -0.15) is 0 Å². The van der Waals surface area contributed by atoms with E-state index in [0.29, 0.717) is 36.8 Å². The molecule has 2 fully saturated rings. The van der Waals surface area contributed by atoms with E-state index in [-0.39, 0.29) is 17.7 Å². The average Bonchev–Trinajstić information content (AvgIpc) is 3.14. The lowest BCUT2D eigenvalue weighted by Gasteiger charge is -2.18. The first-order valence-corrected chi connectivity index (χ1v) is 8.82. The number of carbonyl (C=O) groups excluding carboxylic acids is 2. The van der Waals surface area contributed by atoms with Crippen molar-refractivity contribution in [3.05, 3.63) is 29.8 Å². The molecule has 1 aliphatic carbocycles. The molecule has 1 aromatic rings. The zero-order chi connectivity index (χ0) is 17.1. The van der Waals surface area contributed by atoms with E-state index in [0.717, 1.165) is 31.7 Å². The first-order chi connectivity index (χ1) is 11.5. The van der Waals surface area contributed by atoms with E-state index in [4.69, 9.17) is 10.5 Å². The van der Waals surface area contributed by atoms with Gasteiger partial charge >= 0.3 is 0 Å². The summed E-state index contributed by atoms with van der Waals surface area (Å²) in [7, 11) is 0. The standard InChI is InChI=1S/C19H26N2O3/c1-13(22)14-4-7-16(8-5-14)24-10-2-3-19(23)21-11-15-6-9-18(20)17(15)12-21/h4-5,7-8,15,17-18H,2-3,6,9-12,20H2,1H3. The summed E-state index contributed by atoms with van der Waals surface area (Å²) < 4.78 is 5.64. The number of hydrogen-bond acceptors (Lipinski definition) is 4. The molecule has 3 atom stereocenters. The van der Waals surface area contributed by atoms with E-state index in [2.05, 4.69) is 0 Å². The molecular formula is C19H26N2O3. The Morgan fingerprint density at radius 3 is 2.62 bits per heavy atom. The second-order valence-electron chi connectivity index (χ2n) is 7.00. The molecule has 1 aliphatic heterocycles. The van der Waals surface area contributed by atoms with Gasteiger partial charge in [0.25, 0.3) is 0 Å². The maximum Gasteiger partial charge on any atom is 0.222 e. The molecule has 130 valence electrons. The monoisotopic (exact) mass is 330 g/mol. The van der Waals surface area contributed by atoms with Crippen LogP contribution in [0.25, 0.3) is 0 Å². The van der Waals surface area contributed by atoms with Crippen LogP contribution in [0.3, 0.4) is 0 Å².